The second-order valence-corrected chi connectivity index (χ2v) is 5.30. The van der Waals surface area contributed by atoms with Crippen LogP contribution in [0.2, 0.25) is 0 Å². The first-order valence-electron chi connectivity index (χ1n) is 6.22. The molecule has 2 nitrogen and oxygen atoms in total. The molecule has 0 bridgehead atoms. The largest absolute Gasteiger partial charge is 0.389 e. The van der Waals surface area contributed by atoms with Crippen LogP contribution in [0.4, 0.5) is 11.4 Å². The normalized spacial score (nSPS) is 10.3. The van der Waals surface area contributed by atoms with Crippen molar-refractivity contribution in [2.24, 2.45) is 5.73 Å². The van der Waals surface area contributed by atoms with Gasteiger partial charge in [0, 0.05) is 16.9 Å². The Bertz CT molecular complexity index is 633. The third-order valence-electron chi connectivity index (χ3n) is 3.10. The van der Waals surface area contributed by atoms with Crippen LogP contribution < -0.4 is 11.1 Å². The fraction of sp³-hybridized carbons (Fsp3) is 0.188. The highest BCUT2D eigenvalue weighted by atomic mass is 32.1. The molecule has 19 heavy (non-hydrogen) atoms. The van der Waals surface area contributed by atoms with E-state index in [-0.39, 0.29) is 0 Å². The van der Waals surface area contributed by atoms with E-state index in [2.05, 4.69) is 50.4 Å². The minimum atomic E-state index is 0.410. The Hall–Kier alpha value is -1.87. The lowest BCUT2D eigenvalue weighted by molar-refractivity contribution is 1.36. The van der Waals surface area contributed by atoms with E-state index >= 15 is 0 Å². The van der Waals surface area contributed by atoms with Crippen molar-refractivity contribution < 1.29 is 0 Å². The van der Waals surface area contributed by atoms with E-state index in [1.54, 1.807) is 0 Å². The quantitative estimate of drug-likeness (QED) is 0.828. The van der Waals surface area contributed by atoms with Crippen molar-refractivity contribution in [3.8, 4) is 0 Å². The van der Waals surface area contributed by atoms with E-state index in [0.29, 0.717) is 4.99 Å². The predicted molar refractivity (Wildman–Crippen MR) is 86.3 cm³/mol. The average Bonchev–Trinajstić information content (AvgIpc) is 2.33. The summed E-state index contributed by atoms with van der Waals surface area (Å²) in [6.45, 7) is 6.21. The Morgan fingerprint density at radius 1 is 0.947 bits per heavy atom. The number of hydrogen-bond acceptors (Lipinski definition) is 2. The fourth-order valence-corrected chi connectivity index (χ4v) is 2.17. The van der Waals surface area contributed by atoms with Crippen LogP contribution in [0.15, 0.2) is 36.4 Å². The van der Waals surface area contributed by atoms with Crippen LogP contribution in [-0.4, -0.2) is 4.99 Å². The van der Waals surface area contributed by atoms with E-state index in [0.717, 1.165) is 16.9 Å². The molecule has 0 aliphatic rings. The Balaban J connectivity index is 2.45. The molecular weight excluding hydrogens is 252 g/mol. The first kappa shape index (κ1) is 13.6. The highest BCUT2D eigenvalue weighted by Crippen LogP contribution is 2.25. The molecule has 0 amide bonds. The van der Waals surface area contributed by atoms with Crippen molar-refractivity contribution in [3.05, 3.63) is 58.7 Å². The number of nitrogens with two attached hydrogens (primary N) is 1. The third-order valence-corrected chi connectivity index (χ3v) is 3.32. The second kappa shape index (κ2) is 5.41. The van der Waals surface area contributed by atoms with Crippen LogP contribution in [0.25, 0.3) is 0 Å². The summed E-state index contributed by atoms with van der Waals surface area (Å²) in [5.41, 5.74) is 12.3. The van der Waals surface area contributed by atoms with Gasteiger partial charge < -0.3 is 11.1 Å². The summed E-state index contributed by atoms with van der Waals surface area (Å²) in [7, 11) is 0. The molecule has 0 aliphatic heterocycles. The molecule has 98 valence electrons. The van der Waals surface area contributed by atoms with Gasteiger partial charge in [-0.25, -0.2) is 0 Å². The summed E-state index contributed by atoms with van der Waals surface area (Å²) in [4.78, 5) is 0.410. The Labute approximate surface area is 119 Å². The lowest BCUT2D eigenvalue weighted by Crippen LogP contribution is -2.12. The van der Waals surface area contributed by atoms with Gasteiger partial charge in [0.05, 0.1) is 0 Å². The zero-order valence-corrected chi connectivity index (χ0v) is 12.3. The molecule has 2 aromatic carbocycles. The van der Waals surface area contributed by atoms with Crippen molar-refractivity contribution in [1.82, 2.24) is 0 Å². The van der Waals surface area contributed by atoms with Gasteiger partial charge in [0.15, 0.2) is 0 Å². The molecular formula is C16H18N2S. The summed E-state index contributed by atoms with van der Waals surface area (Å²) in [5, 5.41) is 3.44. The van der Waals surface area contributed by atoms with Gasteiger partial charge in [-0.3, -0.25) is 0 Å². The van der Waals surface area contributed by atoms with Gasteiger partial charge in [-0.1, -0.05) is 30.4 Å². The standard InChI is InChI=1S/C16H18N2S/c1-10-4-6-12(3)14(8-10)18-15-9-11(2)5-7-13(15)16(17)19/h4-9,18H,1-3H3,(H2,17,19). The van der Waals surface area contributed by atoms with Crippen LogP contribution in [-0.2, 0) is 0 Å². The maximum Gasteiger partial charge on any atom is 0.106 e. The molecule has 0 aromatic heterocycles. The Morgan fingerprint density at radius 2 is 1.53 bits per heavy atom. The summed E-state index contributed by atoms with van der Waals surface area (Å²) >= 11 is 5.11. The maximum atomic E-state index is 5.78. The lowest BCUT2D eigenvalue weighted by atomic mass is 10.1. The molecule has 0 saturated carbocycles. The molecule has 0 spiro atoms. The topological polar surface area (TPSA) is 38.0 Å². The average molecular weight is 270 g/mol. The molecule has 2 aromatic rings. The van der Waals surface area contributed by atoms with Gasteiger partial charge >= 0.3 is 0 Å². The van der Waals surface area contributed by atoms with Crippen LogP contribution in [0.1, 0.15) is 22.3 Å². The summed E-state index contributed by atoms with van der Waals surface area (Å²) < 4.78 is 0. The van der Waals surface area contributed by atoms with E-state index in [9.17, 15) is 0 Å². The van der Waals surface area contributed by atoms with Crippen LogP contribution >= 0.6 is 12.2 Å². The monoisotopic (exact) mass is 270 g/mol. The molecule has 3 N–H and O–H groups in total. The van der Waals surface area contributed by atoms with Crippen molar-refractivity contribution in [2.75, 3.05) is 5.32 Å². The molecule has 0 aliphatic carbocycles. The van der Waals surface area contributed by atoms with Gasteiger partial charge in [-0.2, -0.15) is 0 Å². The van der Waals surface area contributed by atoms with Gasteiger partial charge in [-0.15, -0.1) is 0 Å². The molecule has 0 fully saturated rings. The predicted octanol–water partition coefficient (Wildman–Crippen LogP) is 3.99. The van der Waals surface area contributed by atoms with E-state index in [1.165, 1.54) is 16.7 Å². The molecule has 2 rings (SSSR count). The SMILES string of the molecule is Cc1ccc(C)c(Nc2cc(C)ccc2C(N)=S)c1. The molecule has 0 unspecified atom stereocenters. The second-order valence-electron chi connectivity index (χ2n) is 4.86. The first-order chi connectivity index (χ1) is 8.97. The van der Waals surface area contributed by atoms with Gasteiger partial charge in [-0.05, 0) is 55.7 Å². The number of benzene rings is 2. The minimum absolute atomic E-state index is 0.410. The summed E-state index contributed by atoms with van der Waals surface area (Å²) in [5.74, 6) is 0. The molecule has 0 atom stereocenters. The summed E-state index contributed by atoms with van der Waals surface area (Å²) in [6.07, 6.45) is 0. The van der Waals surface area contributed by atoms with Crippen LogP contribution in [0.5, 0.6) is 0 Å². The van der Waals surface area contributed by atoms with Crippen molar-refractivity contribution in [2.45, 2.75) is 20.8 Å². The summed E-state index contributed by atoms with van der Waals surface area (Å²) in [6, 6.07) is 12.4. The Kier molecular flexibility index (Phi) is 3.86. The van der Waals surface area contributed by atoms with E-state index in [1.807, 2.05) is 12.1 Å². The zero-order valence-electron chi connectivity index (χ0n) is 11.4. The molecule has 0 heterocycles. The molecule has 0 radical (unpaired) electrons. The maximum absolute atomic E-state index is 5.78. The smallest absolute Gasteiger partial charge is 0.106 e. The number of anilines is 2. The zero-order chi connectivity index (χ0) is 14.0. The number of rotatable bonds is 3. The van der Waals surface area contributed by atoms with Crippen molar-refractivity contribution in [3.63, 3.8) is 0 Å². The van der Waals surface area contributed by atoms with Crippen LogP contribution in [0.3, 0.4) is 0 Å². The van der Waals surface area contributed by atoms with E-state index in [4.69, 9.17) is 18.0 Å². The Morgan fingerprint density at radius 3 is 2.16 bits per heavy atom. The number of aryl methyl sites for hydroxylation is 3. The van der Waals surface area contributed by atoms with Gasteiger partial charge in [0.25, 0.3) is 0 Å². The third kappa shape index (κ3) is 3.12. The van der Waals surface area contributed by atoms with Crippen molar-refractivity contribution in [1.29, 1.82) is 0 Å². The highest BCUT2D eigenvalue weighted by Gasteiger charge is 2.07. The lowest BCUT2D eigenvalue weighted by Gasteiger charge is -2.14. The number of nitrogens with one attached hydrogen (secondary N) is 1. The number of hydrogen-bond donors (Lipinski definition) is 2. The first-order valence-corrected chi connectivity index (χ1v) is 6.63. The molecule has 0 saturated heterocycles. The van der Waals surface area contributed by atoms with E-state index < -0.39 is 0 Å². The minimum Gasteiger partial charge on any atom is -0.389 e. The van der Waals surface area contributed by atoms with Gasteiger partial charge in [0.1, 0.15) is 4.99 Å². The molecule has 3 heteroatoms. The highest BCUT2D eigenvalue weighted by molar-refractivity contribution is 7.80. The number of thiocarbonyl (C=S) groups is 1. The van der Waals surface area contributed by atoms with Gasteiger partial charge in [0.2, 0.25) is 0 Å². The van der Waals surface area contributed by atoms with Crippen LogP contribution in [0, 0.1) is 20.8 Å². The fourth-order valence-electron chi connectivity index (χ4n) is 1.99. The van der Waals surface area contributed by atoms with Crippen molar-refractivity contribution >= 4 is 28.6 Å².